The lowest BCUT2D eigenvalue weighted by molar-refractivity contribution is -0.137. The van der Waals surface area contributed by atoms with Crippen LogP contribution in [0.1, 0.15) is 66.9 Å². The average Bonchev–Trinajstić information content (AvgIpc) is 3.62. The van der Waals surface area contributed by atoms with Crippen LogP contribution < -0.4 is 5.32 Å². The van der Waals surface area contributed by atoms with Crippen molar-refractivity contribution in [3.8, 4) is 11.3 Å². The van der Waals surface area contributed by atoms with Crippen LogP contribution in [0, 0.1) is 0 Å². The monoisotopic (exact) mass is 593 g/mol. The lowest BCUT2D eigenvalue weighted by Gasteiger charge is -2.38. The molecule has 6 nitrogen and oxygen atoms in total. The molecule has 0 radical (unpaired) electrons. The summed E-state index contributed by atoms with van der Waals surface area (Å²) in [4.78, 5) is 14.9. The predicted octanol–water partition coefficient (Wildman–Crippen LogP) is 7.97. The van der Waals surface area contributed by atoms with Crippen molar-refractivity contribution in [2.45, 2.75) is 82.0 Å². The minimum atomic E-state index is -4.42. The molecule has 2 aliphatic heterocycles. The highest BCUT2D eigenvalue weighted by molar-refractivity contribution is 6.39. The fourth-order valence-electron chi connectivity index (χ4n) is 5.97. The van der Waals surface area contributed by atoms with Crippen LogP contribution in [0.25, 0.3) is 11.3 Å². The van der Waals surface area contributed by atoms with Gasteiger partial charge >= 0.3 is 12.2 Å². The van der Waals surface area contributed by atoms with Gasteiger partial charge in [0.25, 0.3) is 0 Å². The Labute approximate surface area is 239 Å². The first-order chi connectivity index (χ1) is 19.2. The van der Waals surface area contributed by atoms with Gasteiger partial charge in [-0.15, -0.1) is 0 Å². The SMILES string of the molecule is O=C(NCc1cccc(C(F)(F)F)c1)N1C2CCC1CC(OCc1c(-c3c(Cl)cccc3Cl)noc1C1CC1)C2. The van der Waals surface area contributed by atoms with Crippen molar-refractivity contribution in [2.75, 3.05) is 0 Å². The number of nitrogens with one attached hydrogen (secondary N) is 1. The molecule has 2 bridgehead atoms. The number of ether oxygens (including phenoxy) is 1. The van der Waals surface area contributed by atoms with Crippen molar-refractivity contribution < 1.29 is 27.2 Å². The Bertz CT molecular complexity index is 1370. The number of alkyl halides is 3. The number of rotatable bonds is 7. The van der Waals surface area contributed by atoms with E-state index in [1.54, 1.807) is 24.3 Å². The van der Waals surface area contributed by atoms with E-state index in [2.05, 4.69) is 10.5 Å². The third kappa shape index (κ3) is 5.56. The van der Waals surface area contributed by atoms with Crippen LogP contribution in [0.2, 0.25) is 10.0 Å². The van der Waals surface area contributed by atoms with Crippen LogP contribution in [0.3, 0.4) is 0 Å². The fraction of sp³-hybridized carbons (Fsp3) is 0.448. The molecule has 40 heavy (non-hydrogen) atoms. The Hall–Kier alpha value is -2.75. The largest absolute Gasteiger partial charge is 0.416 e. The zero-order valence-electron chi connectivity index (χ0n) is 21.5. The molecule has 212 valence electrons. The Morgan fingerprint density at radius 2 is 1.73 bits per heavy atom. The summed E-state index contributed by atoms with van der Waals surface area (Å²) in [6, 6.07) is 10.1. The number of hydrogen-bond donors (Lipinski definition) is 1. The first-order valence-corrected chi connectivity index (χ1v) is 14.2. The van der Waals surface area contributed by atoms with E-state index in [0.29, 0.717) is 52.2 Å². The van der Waals surface area contributed by atoms with Gasteiger partial charge in [-0.05, 0) is 68.4 Å². The summed E-state index contributed by atoms with van der Waals surface area (Å²) in [5, 5.41) is 8.13. The second-order valence-electron chi connectivity index (χ2n) is 10.8. The summed E-state index contributed by atoms with van der Waals surface area (Å²) < 4.78 is 51.3. The molecule has 2 saturated heterocycles. The molecule has 2 atom stereocenters. The normalized spacial score (nSPS) is 22.5. The van der Waals surface area contributed by atoms with E-state index in [1.807, 2.05) is 4.90 Å². The molecule has 3 aliphatic rings. The molecule has 2 aromatic carbocycles. The molecule has 3 aromatic rings. The number of carbonyl (C=O) groups is 1. The Balaban J connectivity index is 1.10. The van der Waals surface area contributed by atoms with Crippen LogP contribution >= 0.6 is 23.2 Å². The van der Waals surface area contributed by atoms with Crippen molar-refractivity contribution >= 4 is 29.2 Å². The van der Waals surface area contributed by atoms with Crippen molar-refractivity contribution in [3.63, 3.8) is 0 Å². The summed E-state index contributed by atoms with van der Waals surface area (Å²) in [7, 11) is 0. The third-order valence-corrected chi connectivity index (χ3v) is 8.68. The quantitative estimate of drug-likeness (QED) is 0.301. The van der Waals surface area contributed by atoms with Crippen LogP contribution in [-0.2, 0) is 24.1 Å². The lowest BCUT2D eigenvalue weighted by atomic mass is 9.99. The topological polar surface area (TPSA) is 67.6 Å². The molecule has 2 amide bonds. The number of aromatic nitrogens is 1. The highest BCUT2D eigenvalue weighted by Gasteiger charge is 2.44. The van der Waals surface area contributed by atoms with Gasteiger partial charge in [0, 0.05) is 35.7 Å². The van der Waals surface area contributed by atoms with Crippen molar-refractivity contribution in [2.24, 2.45) is 0 Å². The van der Waals surface area contributed by atoms with Crippen molar-refractivity contribution in [1.82, 2.24) is 15.4 Å². The van der Waals surface area contributed by atoms with E-state index in [-0.39, 0.29) is 30.8 Å². The van der Waals surface area contributed by atoms with Crippen molar-refractivity contribution in [1.29, 1.82) is 0 Å². The van der Waals surface area contributed by atoms with E-state index in [4.69, 9.17) is 32.5 Å². The highest BCUT2D eigenvalue weighted by atomic mass is 35.5. The highest BCUT2D eigenvalue weighted by Crippen LogP contribution is 2.46. The van der Waals surface area contributed by atoms with Gasteiger partial charge in [0.2, 0.25) is 0 Å². The van der Waals surface area contributed by atoms with Gasteiger partial charge in [0.1, 0.15) is 11.5 Å². The number of halogens is 5. The van der Waals surface area contributed by atoms with E-state index in [1.165, 1.54) is 6.07 Å². The zero-order chi connectivity index (χ0) is 28.0. The minimum absolute atomic E-state index is 0.00752. The number of amides is 2. The second kappa shape index (κ2) is 10.9. The fourth-order valence-corrected chi connectivity index (χ4v) is 6.55. The van der Waals surface area contributed by atoms with Gasteiger partial charge in [0.05, 0.1) is 28.3 Å². The first-order valence-electron chi connectivity index (χ1n) is 13.5. The number of piperidine rings is 1. The first kappa shape index (κ1) is 27.4. The summed E-state index contributed by atoms with van der Waals surface area (Å²) in [6.45, 7) is 0.335. The third-order valence-electron chi connectivity index (χ3n) is 8.05. The predicted molar refractivity (Wildman–Crippen MR) is 144 cm³/mol. The summed E-state index contributed by atoms with van der Waals surface area (Å²) in [5.74, 6) is 1.14. The molecule has 3 fully saturated rings. The van der Waals surface area contributed by atoms with E-state index in [9.17, 15) is 18.0 Å². The van der Waals surface area contributed by atoms with E-state index < -0.39 is 11.7 Å². The smallest absolute Gasteiger partial charge is 0.373 e. The van der Waals surface area contributed by atoms with Crippen LogP contribution in [0.5, 0.6) is 0 Å². The maximum absolute atomic E-state index is 13.1. The number of urea groups is 1. The molecule has 1 aromatic heterocycles. The number of carbonyl (C=O) groups excluding carboxylic acids is 1. The number of benzene rings is 2. The van der Waals surface area contributed by atoms with Crippen molar-refractivity contribution in [3.05, 3.63) is 75.0 Å². The summed E-state index contributed by atoms with van der Waals surface area (Å²) in [6.07, 6.45) is 0.686. The Morgan fingerprint density at radius 1 is 1.05 bits per heavy atom. The van der Waals surface area contributed by atoms with Gasteiger partial charge in [-0.2, -0.15) is 13.2 Å². The van der Waals surface area contributed by atoms with Gasteiger partial charge in [-0.3, -0.25) is 0 Å². The maximum Gasteiger partial charge on any atom is 0.416 e. The average molecular weight is 594 g/mol. The molecule has 2 unspecified atom stereocenters. The Morgan fingerprint density at radius 3 is 2.38 bits per heavy atom. The Kier molecular flexibility index (Phi) is 7.48. The maximum atomic E-state index is 13.1. The second-order valence-corrected chi connectivity index (χ2v) is 11.6. The standard InChI is InChI=1S/C29H28Cl2F3N3O3/c30-23-5-2-6-24(31)25(23)26-22(27(40-36-26)17-7-8-17)15-39-21-12-19-9-10-20(13-21)37(19)28(38)35-14-16-3-1-4-18(11-16)29(32,33)34/h1-6,11,17,19-21H,7-10,12-15H2,(H,35,38). The zero-order valence-corrected chi connectivity index (χ0v) is 23.0. The van der Waals surface area contributed by atoms with Crippen LogP contribution in [0.4, 0.5) is 18.0 Å². The van der Waals surface area contributed by atoms with Gasteiger partial charge in [0.15, 0.2) is 0 Å². The number of hydrogen-bond acceptors (Lipinski definition) is 4. The van der Waals surface area contributed by atoms with Gasteiger partial charge < -0.3 is 19.5 Å². The lowest BCUT2D eigenvalue weighted by Crippen LogP contribution is -2.52. The minimum Gasteiger partial charge on any atom is -0.373 e. The van der Waals surface area contributed by atoms with E-state index in [0.717, 1.165) is 49.1 Å². The number of nitrogens with zero attached hydrogens (tertiary/aromatic N) is 2. The molecular formula is C29H28Cl2F3N3O3. The van der Waals surface area contributed by atoms with Crippen LogP contribution in [-0.4, -0.2) is 34.3 Å². The molecule has 1 N–H and O–H groups in total. The molecule has 3 heterocycles. The molecule has 0 spiro atoms. The summed E-state index contributed by atoms with van der Waals surface area (Å²) in [5.41, 5.74) is 1.78. The molecule has 1 aliphatic carbocycles. The van der Waals surface area contributed by atoms with Gasteiger partial charge in [-0.25, -0.2) is 4.79 Å². The molecule has 6 rings (SSSR count). The summed E-state index contributed by atoms with van der Waals surface area (Å²) >= 11 is 12.9. The molecule has 1 saturated carbocycles. The van der Waals surface area contributed by atoms with E-state index >= 15 is 0 Å². The molecule has 11 heteroatoms. The molecular weight excluding hydrogens is 566 g/mol. The number of fused-ring (bicyclic) bond motifs is 2. The van der Waals surface area contributed by atoms with Gasteiger partial charge in [-0.1, -0.05) is 46.6 Å². The van der Waals surface area contributed by atoms with Crippen LogP contribution in [0.15, 0.2) is 47.0 Å².